The number of anilines is 1. The summed E-state index contributed by atoms with van der Waals surface area (Å²) < 4.78 is 35.7. The van der Waals surface area contributed by atoms with Crippen LogP contribution in [0.1, 0.15) is 19.7 Å². The van der Waals surface area contributed by atoms with Crippen LogP contribution in [0.3, 0.4) is 0 Å². The van der Waals surface area contributed by atoms with Crippen LogP contribution in [-0.4, -0.2) is 46.9 Å². The molecule has 1 aromatic carbocycles. The third-order valence-electron chi connectivity index (χ3n) is 5.42. The summed E-state index contributed by atoms with van der Waals surface area (Å²) in [6, 6.07) is 9.39. The fourth-order valence-corrected chi connectivity index (χ4v) is 3.57. The molecule has 0 amide bonds. The third kappa shape index (κ3) is 6.26. The molecule has 200 valence electrons. The van der Waals surface area contributed by atoms with Crippen molar-refractivity contribution in [1.29, 1.82) is 10.8 Å². The maximum atomic E-state index is 13.6. The lowest BCUT2D eigenvalue weighted by molar-refractivity contribution is 0.289. The number of fused-ring (bicyclic) bond motifs is 1. The van der Waals surface area contributed by atoms with Crippen LogP contribution < -0.4 is 15.5 Å². The van der Waals surface area contributed by atoms with Crippen LogP contribution in [0.15, 0.2) is 61.2 Å². The highest BCUT2D eigenvalue weighted by Crippen LogP contribution is 2.23. The number of halogens is 2. The zero-order valence-corrected chi connectivity index (χ0v) is 21.5. The molecule has 5 rings (SSSR count). The van der Waals surface area contributed by atoms with E-state index in [0.717, 1.165) is 22.9 Å². The number of nitrogens with zero attached hydrogens (tertiary/aromatic N) is 7. The van der Waals surface area contributed by atoms with Crippen molar-refractivity contribution in [3.05, 3.63) is 84.1 Å². The van der Waals surface area contributed by atoms with Crippen molar-refractivity contribution in [2.75, 3.05) is 11.9 Å². The van der Waals surface area contributed by atoms with Crippen LogP contribution >= 0.6 is 0 Å². The number of nitrogens with one attached hydrogen (secondary N) is 3. The minimum Gasteiger partial charge on any atom is -0.484 e. The van der Waals surface area contributed by atoms with E-state index in [1.807, 2.05) is 13.8 Å². The molecular weight excluding hydrogens is 506 g/mol. The lowest BCUT2D eigenvalue weighted by Crippen LogP contribution is -2.33. The highest BCUT2D eigenvalue weighted by atomic mass is 19.1. The summed E-state index contributed by atoms with van der Waals surface area (Å²) in [6.07, 6.45) is 4.61. The SMILES string of the molecule is CC.Cn1ncnc1COc1cnc2c(NCC(=N)n3nc(-c4cc(F)cc(F)c4)ccc3=N)ccnc2c1. The molecule has 0 aliphatic carbocycles. The first-order valence-corrected chi connectivity index (χ1v) is 12.0. The van der Waals surface area contributed by atoms with Gasteiger partial charge in [0.2, 0.25) is 0 Å². The number of hydrogen-bond donors (Lipinski definition) is 3. The molecule has 0 spiro atoms. The summed E-state index contributed by atoms with van der Waals surface area (Å²) in [5, 5.41) is 27.9. The number of aromatic nitrogens is 7. The molecule has 0 fully saturated rings. The number of hydrogen-bond acceptors (Lipinski definition) is 9. The molecule has 0 bridgehead atoms. The second-order valence-corrected chi connectivity index (χ2v) is 7.96. The van der Waals surface area contributed by atoms with Gasteiger partial charge < -0.3 is 10.1 Å². The molecule has 0 atom stereocenters. The van der Waals surface area contributed by atoms with Gasteiger partial charge in [-0.1, -0.05) is 13.8 Å². The van der Waals surface area contributed by atoms with E-state index < -0.39 is 11.6 Å². The predicted octanol–water partition coefficient (Wildman–Crippen LogP) is 3.92. The van der Waals surface area contributed by atoms with Gasteiger partial charge in [-0.3, -0.25) is 20.5 Å². The Balaban J connectivity index is 0.00000172. The number of pyridine rings is 2. The van der Waals surface area contributed by atoms with Gasteiger partial charge in [-0.25, -0.2) is 18.7 Å². The van der Waals surface area contributed by atoms with E-state index in [-0.39, 0.29) is 35.7 Å². The topological polar surface area (TPSA) is 143 Å². The van der Waals surface area contributed by atoms with E-state index in [0.29, 0.717) is 28.3 Å². The molecule has 3 N–H and O–H groups in total. The number of ether oxygens (including phenoxy) is 1. The molecule has 0 radical (unpaired) electrons. The third-order valence-corrected chi connectivity index (χ3v) is 5.42. The van der Waals surface area contributed by atoms with Gasteiger partial charge in [0.25, 0.3) is 0 Å². The lowest BCUT2D eigenvalue weighted by atomic mass is 10.1. The second kappa shape index (κ2) is 12.0. The van der Waals surface area contributed by atoms with E-state index in [1.165, 1.54) is 18.5 Å². The Morgan fingerprint density at radius 2 is 1.79 bits per heavy atom. The minimum atomic E-state index is -0.741. The number of aryl methyl sites for hydroxylation is 1. The van der Waals surface area contributed by atoms with E-state index >= 15 is 0 Å². The number of rotatable bonds is 7. The van der Waals surface area contributed by atoms with Crippen LogP contribution in [0.4, 0.5) is 14.5 Å². The molecule has 0 saturated heterocycles. The van der Waals surface area contributed by atoms with Crippen LogP contribution in [0.5, 0.6) is 5.75 Å². The predicted molar refractivity (Wildman–Crippen MR) is 141 cm³/mol. The Morgan fingerprint density at radius 1 is 1.03 bits per heavy atom. The van der Waals surface area contributed by atoms with E-state index in [4.69, 9.17) is 15.6 Å². The number of benzene rings is 1. The Hall–Kier alpha value is -5.07. The molecule has 5 aromatic rings. The van der Waals surface area contributed by atoms with Gasteiger partial charge >= 0.3 is 0 Å². The fraction of sp³-hybridized carbons (Fsp3) is 0.192. The standard InChI is InChI=1S/C24H20F2N10O.C2H6/c1-35-23(32-13-33-35)12-37-17-9-20-24(31-10-17)19(4-5-29-20)30-11-22(28)36-21(27)3-2-18(34-36)14-6-15(25)8-16(26)7-14;1-2/h2-10,13,27-28H,11-12H2,1H3,(H,29,30);1-2H3. The van der Waals surface area contributed by atoms with Gasteiger partial charge in [-0.05, 0) is 30.3 Å². The Labute approximate surface area is 222 Å². The molecule has 0 aliphatic rings. The summed E-state index contributed by atoms with van der Waals surface area (Å²) >= 11 is 0. The lowest BCUT2D eigenvalue weighted by Gasteiger charge is -2.13. The average Bonchev–Trinajstić information content (AvgIpc) is 3.35. The van der Waals surface area contributed by atoms with Crippen molar-refractivity contribution >= 4 is 22.6 Å². The fourth-order valence-electron chi connectivity index (χ4n) is 3.57. The molecule has 0 saturated carbocycles. The first kappa shape index (κ1) is 27.0. The first-order valence-electron chi connectivity index (χ1n) is 12.0. The van der Waals surface area contributed by atoms with Gasteiger partial charge in [0.15, 0.2) is 5.82 Å². The Kier molecular flexibility index (Phi) is 8.29. The quantitative estimate of drug-likeness (QED) is 0.213. The van der Waals surface area contributed by atoms with Gasteiger partial charge in [0.1, 0.15) is 47.2 Å². The normalized spacial score (nSPS) is 10.6. The molecule has 4 aromatic heterocycles. The highest BCUT2D eigenvalue weighted by molar-refractivity contribution is 5.91. The van der Waals surface area contributed by atoms with Gasteiger partial charge in [-0.2, -0.15) is 14.9 Å². The van der Waals surface area contributed by atoms with E-state index in [2.05, 4.69) is 30.5 Å². The minimum absolute atomic E-state index is 0.00425. The highest BCUT2D eigenvalue weighted by Gasteiger charge is 2.11. The van der Waals surface area contributed by atoms with Crippen LogP contribution in [-0.2, 0) is 13.7 Å². The summed E-state index contributed by atoms with van der Waals surface area (Å²) in [6.45, 7) is 4.22. The van der Waals surface area contributed by atoms with Gasteiger partial charge in [0, 0.05) is 30.9 Å². The van der Waals surface area contributed by atoms with Crippen LogP contribution in [0.25, 0.3) is 22.3 Å². The van der Waals surface area contributed by atoms with Crippen molar-refractivity contribution in [2.45, 2.75) is 20.5 Å². The molecule has 13 heteroatoms. The first-order chi connectivity index (χ1) is 18.9. The average molecular weight is 533 g/mol. The van der Waals surface area contributed by atoms with Crippen LogP contribution in [0, 0.1) is 22.5 Å². The summed E-state index contributed by atoms with van der Waals surface area (Å²) in [7, 11) is 1.77. The molecule has 0 aliphatic heterocycles. The Bertz CT molecular complexity index is 1660. The van der Waals surface area contributed by atoms with Crippen molar-refractivity contribution in [1.82, 2.24) is 34.5 Å². The van der Waals surface area contributed by atoms with Crippen molar-refractivity contribution < 1.29 is 13.5 Å². The largest absolute Gasteiger partial charge is 0.484 e. The molecular formula is C26H26F2N10O. The monoisotopic (exact) mass is 532 g/mol. The molecule has 11 nitrogen and oxygen atoms in total. The zero-order valence-electron chi connectivity index (χ0n) is 21.5. The van der Waals surface area contributed by atoms with Crippen molar-refractivity contribution in [3.63, 3.8) is 0 Å². The molecule has 39 heavy (non-hydrogen) atoms. The second-order valence-electron chi connectivity index (χ2n) is 7.96. The summed E-state index contributed by atoms with van der Waals surface area (Å²) in [5.74, 6) is -0.369. The van der Waals surface area contributed by atoms with Crippen LogP contribution in [0.2, 0.25) is 0 Å². The molecule has 0 unspecified atom stereocenters. The smallest absolute Gasteiger partial charge is 0.164 e. The maximum absolute atomic E-state index is 13.6. The van der Waals surface area contributed by atoms with Crippen molar-refractivity contribution in [2.24, 2.45) is 7.05 Å². The van der Waals surface area contributed by atoms with E-state index in [9.17, 15) is 8.78 Å². The molecule has 4 heterocycles. The maximum Gasteiger partial charge on any atom is 0.164 e. The summed E-state index contributed by atoms with van der Waals surface area (Å²) in [5.41, 5.74) is 2.13. The Morgan fingerprint density at radius 3 is 2.51 bits per heavy atom. The summed E-state index contributed by atoms with van der Waals surface area (Å²) in [4.78, 5) is 12.9. The zero-order chi connectivity index (χ0) is 27.9. The van der Waals surface area contributed by atoms with Gasteiger partial charge in [-0.15, -0.1) is 0 Å². The van der Waals surface area contributed by atoms with Gasteiger partial charge in [0.05, 0.1) is 29.6 Å². The van der Waals surface area contributed by atoms with E-state index in [1.54, 1.807) is 36.3 Å². The van der Waals surface area contributed by atoms with Crippen molar-refractivity contribution in [3.8, 4) is 17.0 Å².